The Hall–Kier alpha value is -1.32. The van der Waals surface area contributed by atoms with Gasteiger partial charge in [-0.05, 0) is 12.1 Å². The number of hydrogen-bond acceptors (Lipinski definition) is 2. The number of aromatic nitrogens is 2. The smallest absolute Gasteiger partial charge is 0.0995 e. The number of nitrogens with two attached hydrogens (primary N) is 1. The molecule has 0 fully saturated rings. The average molecular weight is 208 g/mol. The zero-order valence-corrected chi connectivity index (χ0v) is 8.28. The van der Waals surface area contributed by atoms with Crippen molar-refractivity contribution in [1.82, 2.24) is 9.55 Å². The molecule has 0 atom stereocenters. The van der Waals surface area contributed by atoms with Crippen molar-refractivity contribution in [1.29, 1.82) is 0 Å². The third-order valence-corrected chi connectivity index (χ3v) is 2.36. The second kappa shape index (κ2) is 3.82. The van der Waals surface area contributed by atoms with E-state index in [0.29, 0.717) is 11.6 Å². The SMILES string of the molecule is NCc1cncn1-c1ccccc1Cl. The van der Waals surface area contributed by atoms with Crippen LogP contribution in [0.3, 0.4) is 0 Å². The Morgan fingerprint density at radius 2 is 2.14 bits per heavy atom. The molecular formula is C10H10ClN3. The van der Waals surface area contributed by atoms with Gasteiger partial charge in [-0.15, -0.1) is 0 Å². The first-order valence-electron chi connectivity index (χ1n) is 4.29. The molecule has 4 heteroatoms. The van der Waals surface area contributed by atoms with E-state index in [1.165, 1.54) is 0 Å². The number of hydrogen-bond donors (Lipinski definition) is 1. The Morgan fingerprint density at radius 1 is 1.36 bits per heavy atom. The van der Waals surface area contributed by atoms with Crippen molar-refractivity contribution in [3.05, 3.63) is 47.5 Å². The largest absolute Gasteiger partial charge is 0.325 e. The van der Waals surface area contributed by atoms with Gasteiger partial charge in [0, 0.05) is 12.7 Å². The molecule has 1 heterocycles. The van der Waals surface area contributed by atoms with Gasteiger partial charge in [-0.25, -0.2) is 4.98 Å². The van der Waals surface area contributed by atoms with Gasteiger partial charge in [-0.3, -0.25) is 0 Å². The summed E-state index contributed by atoms with van der Waals surface area (Å²) in [6, 6.07) is 7.60. The molecule has 1 aromatic heterocycles. The number of para-hydroxylation sites is 1. The molecule has 3 nitrogen and oxygen atoms in total. The van der Waals surface area contributed by atoms with Crippen molar-refractivity contribution in [3.8, 4) is 5.69 Å². The van der Waals surface area contributed by atoms with E-state index in [4.69, 9.17) is 17.3 Å². The molecule has 0 saturated heterocycles. The summed E-state index contributed by atoms with van der Waals surface area (Å²) in [4.78, 5) is 4.03. The molecule has 2 rings (SSSR count). The van der Waals surface area contributed by atoms with Gasteiger partial charge < -0.3 is 10.3 Å². The minimum Gasteiger partial charge on any atom is -0.325 e. The lowest BCUT2D eigenvalue weighted by Crippen LogP contribution is -2.04. The summed E-state index contributed by atoms with van der Waals surface area (Å²) in [5, 5.41) is 0.695. The maximum Gasteiger partial charge on any atom is 0.0995 e. The highest BCUT2D eigenvalue weighted by atomic mass is 35.5. The van der Waals surface area contributed by atoms with Gasteiger partial charge in [0.1, 0.15) is 0 Å². The molecule has 1 aromatic carbocycles. The first kappa shape index (κ1) is 9.24. The van der Waals surface area contributed by atoms with Crippen LogP contribution in [0.4, 0.5) is 0 Å². The van der Waals surface area contributed by atoms with E-state index in [0.717, 1.165) is 11.4 Å². The Bertz CT molecular complexity index is 436. The van der Waals surface area contributed by atoms with Crippen LogP contribution in [-0.4, -0.2) is 9.55 Å². The number of rotatable bonds is 2. The maximum atomic E-state index is 6.06. The summed E-state index contributed by atoms with van der Waals surface area (Å²) >= 11 is 6.06. The van der Waals surface area contributed by atoms with Crippen LogP contribution >= 0.6 is 11.6 Å². The minimum atomic E-state index is 0.450. The summed E-state index contributed by atoms with van der Waals surface area (Å²) in [5.41, 5.74) is 7.43. The van der Waals surface area contributed by atoms with Crippen molar-refractivity contribution in [2.45, 2.75) is 6.54 Å². The molecule has 0 aliphatic heterocycles. The van der Waals surface area contributed by atoms with E-state index < -0.39 is 0 Å². The summed E-state index contributed by atoms with van der Waals surface area (Å²) in [7, 11) is 0. The van der Waals surface area contributed by atoms with Gasteiger partial charge in [0.15, 0.2) is 0 Å². The van der Waals surface area contributed by atoms with E-state index in [1.807, 2.05) is 28.8 Å². The van der Waals surface area contributed by atoms with Crippen LogP contribution in [0.25, 0.3) is 5.69 Å². The fourth-order valence-corrected chi connectivity index (χ4v) is 1.56. The molecule has 0 unspecified atom stereocenters. The van der Waals surface area contributed by atoms with E-state index in [-0.39, 0.29) is 0 Å². The van der Waals surface area contributed by atoms with Crippen LogP contribution < -0.4 is 5.73 Å². The monoisotopic (exact) mass is 207 g/mol. The van der Waals surface area contributed by atoms with Gasteiger partial charge >= 0.3 is 0 Å². The average Bonchev–Trinajstić information content (AvgIpc) is 2.66. The van der Waals surface area contributed by atoms with Gasteiger partial charge in [0.05, 0.1) is 22.7 Å². The Morgan fingerprint density at radius 3 is 2.86 bits per heavy atom. The van der Waals surface area contributed by atoms with Crippen molar-refractivity contribution in [2.24, 2.45) is 5.73 Å². The molecule has 0 spiro atoms. The quantitative estimate of drug-likeness (QED) is 0.819. The van der Waals surface area contributed by atoms with E-state index >= 15 is 0 Å². The minimum absolute atomic E-state index is 0.450. The highest BCUT2D eigenvalue weighted by Crippen LogP contribution is 2.20. The standard InChI is InChI=1S/C10H10ClN3/c11-9-3-1-2-4-10(9)14-7-13-6-8(14)5-12/h1-4,6-7H,5,12H2. The highest BCUT2D eigenvalue weighted by molar-refractivity contribution is 6.32. The van der Waals surface area contributed by atoms with E-state index in [2.05, 4.69) is 4.98 Å². The van der Waals surface area contributed by atoms with Crippen molar-refractivity contribution >= 4 is 11.6 Å². The van der Waals surface area contributed by atoms with E-state index in [9.17, 15) is 0 Å². The number of nitrogens with zero attached hydrogens (tertiary/aromatic N) is 2. The lowest BCUT2D eigenvalue weighted by Gasteiger charge is -2.07. The molecule has 2 aromatic rings. The molecule has 14 heavy (non-hydrogen) atoms. The molecule has 2 N–H and O–H groups in total. The van der Waals surface area contributed by atoms with Crippen LogP contribution in [0.2, 0.25) is 5.02 Å². The fraction of sp³-hybridized carbons (Fsp3) is 0.100. The Balaban J connectivity index is 2.54. The highest BCUT2D eigenvalue weighted by Gasteiger charge is 2.05. The zero-order chi connectivity index (χ0) is 9.97. The van der Waals surface area contributed by atoms with Crippen LogP contribution in [0.1, 0.15) is 5.69 Å². The summed E-state index contributed by atoms with van der Waals surface area (Å²) in [6.45, 7) is 0.450. The van der Waals surface area contributed by atoms with Gasteiger partial charge in [0.25, 0.3) is 0 Å². The molecule has 0 radical (unpaired) electrons. The van der Waals surface area contributed by atoms with Crippen LogP contribution in [-0.2, 0) is 6.54 Å². The number of benzene rings is 1. The summed E-state index contributed by atoms with van der Waals surface area (Å²) in [5.74, 6) is 0. The molecule has 0 amide bonds. The third kappa shape index (κ3) is 1.52. The van der Waals surface area contributed by atoms with Crippen molar-refractivity contribution in [2.75, 3.05) is 0 Å². The number of imidazole rings is 1. The molecule has 0 bridgehead atoms. The van der Waals surface area contributed by atoms with Gasteiger partial charge in [0.2, 0.25) is 0 Å². The normalized spacial score (nSPS) is 10.4. The first-order valence-corrected chi connectivity index (χ1v) is 4.67. The Labute approximate surface area is 87.1 Å². The third-order valence-electron chi connectivity index (χ3n) is 2.04. The molecule has 0 aliphatic rings. The second-order valence-corrected chi connectivity index (χ2v) is 3.32. The van der Waals surface area contributed by atoms with Gasteiger partial charge in [-0.1, -0.05) is 23.7 Å². The summed E-state index contributed by atoms with van der Waals surface area (Å²) < 4.78 is 1.89. The topological polar surface area (TPSA) is 43.8 Å². The molecule has 0 saturated carbocycles. The first-order chi connectivity index (χ1) is 6.83. The van der Waals surface area contributed by atoms with Crippen LogP contribution in [0, 0.1) is 0 Å². The molecular weight excluding hydrogens is 198 g/mol. The fourth-order valence-electron chi connectivity index (χ4n) is 1.34. The van der Waals surface area contributed by atoms with Crippen LogP contribution in [0.5, 0.6) is 0 Å². The summed E-state index contributed by atoms with van der Waals surface area (Å²) in [6.07, 6.45) is 3.45. The van der Waals surface area contributed by atoms with Crippen LogP contribution in [0.15, 0.2) is 36.8 Å². The second-order valence-electron chi connectivity index (χ2n) is 2.91. The number of halogens is 1. The molecule has 72 valence electrons. The zero-order valence-electron chi connectivity index (χ0n) is 7.52. The predicted octanol–water partition coefficient (Wildman–Crippen LogP) is 1.98. The molecule has 0 aliphatic carbocycles. The lowest BCUT2D eigenvalue weighted by atomic mass is 10.3. The lowest BCUT2D eigenvalue weighted by molar-refractivity contribution is 0.910. The van der Waals surface area contributed by atoms with Crippen molar-refractivity contribution < 1.29 is 0 Å². The van der Waals surface area contributed by atoms with Crippen molar-refractivity contribution in [3.63, 3.8) is 0 Å². The maximum absolute atomic E-state index is 6.06. The van der Waals surface area contributed by atoms with E-state index in [1.54, 1.807) is 12.5 Å². The predicted molar refractivity (Wildman–Crippen MR) is 56.5 cm³/mol. The Kier molecular flexibility index (Phi) is 2.52. The van der Waals surface area contributed by atoms with Gasteiger partial charge in [-0.2, -0.15) is 0 Å².